The number of ketones is 2. The highest BCUT2D eigenvalue weighted by atomic mass is 79.9. The number of allylic oxidation sites excluding steroid dienone is 4. The summed E-state index contributed by atoms with van der Waals surface area (Å²) in [6, 6.07) is 11.6. The Labute approximate surface area is 258 Å². The number of rotatable bonds is 8. The van der Waals surface area contributed by atoms with Crippen LogP contribution in [0.2, 0.25) is 0 Å². The maximum Gasteiger partial charge on any atom is 0.305 e. The van der Waals surface area contributed by atoms with E-state index in [0.29, 0.717) is 48.1 Å². The zero-order valence-electron chi connectivity index (χ0n) is 24.7. The smallest absolute Gasteiger partial charge is 0.305 e. The van der Waals surface area contributed by atoms with E-state index in [9.17, 15) is 29.6 Å². The van der Waals surface area contributed by atoms with Gasteiger partial charge in [0.25, 0.3) is 5.69 Å². The molecule has 3 aliphatic rings. The van der Waals surface area contributed by atoms with E-state index in [4.69, 9.17) is 4.74 Å². The van der Waals surface area contributed by atoms with E-state index < -0.39 is 16.8 Å². The van der Waals surface area contributed by atoms with Crippen molar-refractivity contribution in [1.29, 1.82) is 0 Å². The lowest BCUT2D eigenvalue weighted by Crippen LogP contribution is -2.45. The largest absolute Gasteiger partial charge is 0.489 e. The molecule has 0 amide bonds. The second-order valence-corrected chi connectivity index (χ2v) is 14.1. The Balaban J connectivity index is 1.66. The fraction of sp³-hybridized carbons (Fsp3) is 0.424. The van der Waals surface area contributed by atoms with Gasteiger partial charge in [0.2, 0.25) is 0 Å². The topological polar surface area (TPSA) is 127 Å². The van der Waals surface area contributed by atoms with Gasteiger partial charge in [0.15, 0.2) is 11.6 Å². The monoisotopic (exact) mass is 650 g/mol. The van der Waals surface area contributed by atoms with Gasteiger partial charge in [-0.3, -0.25) is 24.5 Å². The molecule has 2 aliphatic carbocycles. The number of Topliss-reactive ketones (excluding diaryl/α,β-unsaturated/α-hetero) is 2. The molecule has 0 spiro atoms. The molecule has 0 saturated carbocycles. The van der Waals surface area contributed by atoms with Crippen LogP contribution >= 0.6 is 15.9 Å². The first-order valence-corrected chi connectivity index (χ1v) is 15.1. The van der Waals surface area contributed by atoms with E-state index in [1.165, 1.54) is 12.1 Å². The summed E-state index contributed by atoms with van der Waals surface area (Å²) in [5, 5.41) is 20.7. The molecular weight excluding hydrogens is 616 g/mol. The number of carbonyl (C=O) groups is 3. The summed E-state index contributed by atoms with van der Waals surface area (Å²) in [4.78, 5) is 52.4. The number of carbonyl (C=O) groups excluding carboxylic acids is 2. The Bertz CT molecular complexity index is 1530. The number of benzene rings is 2. The van der Waals surface area contributed by atoms with Gasteiger partial charge in [0.1, 0.15) is 12.4 Å². The fourth-order valence-electron chi connectivity index (χ4n) is 6.59. The third-order valence-electron chi connectivity index (χ3n) is 8.40. The first-order chi connectivity index (χ1) is 20.2. The van der Waals surface area contributed by atoms with Crippen molar-refractivity contribution in [2.75, 3.05) is 6.54 Å². The zero-order chi connectivity index (χ0) is 31.3. The Morgan fingerprint density at radius 3 is 2.05 bits per heavy atom. The molecule has 1 N–H and O–H groups in total. The summed E-state index contributed by atoms with van der Waals surface area (Å²) in [6.07, 6.45) is 1.64. The highest BCUT2D eigenvalue weighted by Gasteiger charge is 2.49. The molecule has 0 bridgehead atoms. The second kappa shape index (κ2) is 11.4. The van der Waals surface area contributed by atoms with Gasteiger partial charge in [0, 0.05) is 70.0 Å². The molecule has 2 aromatic rings. The molecule has 0 aromatic heterocycles. The van der Waals surface area contributed by atoms with Crippen molar-refractivity contribution in [2.24, 2.45) is 10.8 Å². The number of ether oxygens (including phenoxy) is 1. The van der Waals surface area contributed by atoms with Gasteiger partial charge in [-0.05, 0) is 59.6 Å². The van der Waals surface area contributed by atoms with Gasteiger partial charge in [-0.1, -0.05) is 43.6 Å². The van der Waals surface area contributed by atoms with Crippen molar-refractivity contribution in [3.05, 3.63) is 90.7 Å². The number of nitrogens with zero attached hydrogens (tertiary/aromatic N) is 2. The minimum atomic E-state index is -0.942. The van der Waals surface area contributed by atoms with Crippen LogP contribution in [0.25, 0.3) is 0 Å². The van der Waals surface area contributed by atoms with Crippen molar-refractivity contribution in [1.82, 2.24) is 4.90 Å². The predicted molar refractivity (Wildman–Crippen MR) is 163 cm³/mol. The van der Waals surface area contributed by atoms with E-state index >= 15 is 0 Å². The molecule has 10 heteroatoms. The van der Waals surface area contributed by atoms with Gasteiger partial charge in [-0.25, -0.2) is 0 Å². The number of carboxylic acid groups (broad SMARTS) is 1. The van der Waals surface area contributed by atoms with Crippen molar-refractivity contribution in [3.63, 3.8) is 0 Å². The lowest BCUT2D eigenvalue weighted by Gasteiger charge is -2.49. The second-order valence-electron chi connectivity index (χ2n) is 13.2. The predicted octanol–water partition coefficient (Wildman–Crippen LogP) is 7.10. The summed E-state index contributed by atoms with van der Waals surface area (Å²) in [5.74, 6) is -1.21. The van der Waals surface area contributed by atoms with Gasteiger partial charge in [-0.2, -0.15) is 0 Å². The van der Waals surface area contributed by atoms with Crippen molar-refractivity contribution in [2.45, 2.75) is 72.3 Å². The molecule has 1 heterocycles. The molecule has 1 aliphatic heterocycles. The molecule has 0 unspecified atom stereocenters. The van der Waals surface area contributed by atoms with Crippen LogP contribution in [0.1, 0.15) is 76.8 Å². The zero-order valence-corrected chi connectivity index (χ0v) is 26.3. The highest BCUT2D eigenvalue weighted by molar-refractivity contribution is 9.10. The molecule has 43 heavy (non-hydrogen) atoms. The molecule has 0 atom stereocenters. The highest BCUT2D eigenvalue weighted by Crippen LogP contribution is 2.55. The number of aliphatic carboxylic acids is 1. The summed E-state index contributed by atoms with van der Waals surface area (Å²) < 4.78 is 7.06. The fourth-order valence-corrected chi connectivity index (χ4v) is 6.97. The normalized spacial score (nSPS) is 19.7. The summed E-state index contributed by atoms with van der Waals surface area (Å²) >= 11 is 3.58. The maximum absolute atomic E-state index is 14.0. The van der Waals surface area contributed by atoms with Gasteiger partial charge in [-0.15, -0.1) is 0 Å². The van der Waals surface area contributed by atoms with E-state index in [1.807, 2.05) is 44.7 Å². The molecule has 226 valence electrons. The Morgan fingerprint density at radius 2 is 1.53 bits per heavy atom. The lowest BCUT2D eigenvalue weighted by atomic mass is 9.63. The molecule has 5 rings (SSSR count). The van der Waals surface area contributed by atoms with E-state index in [0.717, 1.165) is 21.4 Å². The van der Waals surface area contributed by atoms with Crippen LogP contribution in [0.5, 0.6) is 5.75 Å². The molecular formula is C33H35BrN2O7. The summed E-state index contributed by atoms with van der Waals surface area (Å²) in [6.45, 7) is 8.46. The number of halogens is 1. The van der Waals surface area contributed by atoms with Crippen molar-refractivity contribution >= 4 is 39.2 Å². The first kappa shape index (κ1) is 30.7. The molecule has 0 radical (unpaired) electrons. The maximum atomic E-state index is 14.0. The van der Waals surface area contributed by atoms with E-state index in [1.54, 1.807) is 18.2 Å². The number of carboxylic acids is 1. The summed E-state index contributed by atoms with van der Waals surface area (Å²) in [7, 11) is 0. The third kappa shape index (κ3) is 6.30. The lowest BCUT2D eigenvalue weighted by molar-refractivity contribution is -0.384. The molecule has 0 fully saturated rings. The number of non-ortho nitro benzene ring substituents is 1. The first-order valence-electron chi connectivity index (χ1n) is 14.3. The van der Waals surface area contributed by atoms with E-state index in [-0.39, 0.29) is 47.7 Å². The average Bonchev–Trinajstić information content (AvgIpc) is 2.89. The number of nitro groups is 1. The minimum Gasteiger partial charge on any atom is -0.489 e. The van der Waals surface area contributed by atoms with Gasteiger partial charge < -0.3 is 14.7 Å². The van der Waals surface area contributed by atoms with Crippen LogP contribution < -0.4 is 4.74 Å². The molecule has 0 saturated heterocycles. The SMILES string of the molecule is CC1(C)CC(=O)C2=C(C1)N(CCC(=O)O)C1=C(C(=O)CC(C)(C)C1)C2c1cc(Br)ccc1OCc1ccc([N+](=O)[O-])cc1. The average molecular weight is 652 g/mol. The van der Waals surface area contributed by atoms with Crippen LogP contribution in [0.3, 0.4) is 0 Å². The Hall–Kier alpha value is -3.79. The number of hydrogen-bond donors (Lipinski definition) is 1. The van der Waals surface area contributed by atoms with Crippen LogP contribution in [0.15, 0.2) is 69.5 Å². The number of nitro benzene ring substituents is 1. The Kier molecular flexibility index (Phi) is 8.11. The standard InChI is InChI=1S/C33H35BrN2O7/c1-32(2)14-23-30(25(37)16-32)29(31-24(35(23)12-11-28(39)40)15-33(3,4)17-26(31)38)22-13-20(34)7-10-27(22)43-18-19-5-8-21(9-6-19)36(41)42/h5-10,13,29H,11-12,14-18H2,1-4H3,(H,39,40). The van der Waals surface area contributed by atoms with Crippen LogP contribution in [0.4, 0.5) is 5.69 Å². The van der Waals surface area contributed by atoms with Crippen molar-refractivity contribution < 1.29 is 29.2 Å². The number of hydrogen-bond acceptors (Lipinski definition) is 7. The van der Waals surface area contributed by atoms with Gasteiger partial charge in [0.05, 0.1) is 11.3 Å². The van der Waals surface area contributed by atoms with E-state index in [2.05, 4.69) is 15.9 Å². The summed E-state index contributed by atoms with van der Waals surface area (Å²) in [5.41, 5.74) is 3.38. The minimum absolute atomic E-state index is 0.0147. The van der Waals surface area contributed by atoms with Crippen LogP contribution in [0, 0.1) is 20.9 Å². The Morgan fingerprint density at radius 1 is 0.977 bits per heavy atom. The quantitative estimate of drug-likeness (QED) is 0.237. The van der Waals surface area contributed by atoms with Crippen LogP contribution in [-0.4, -0.2) is 39.0 Å². The molecule has 2 aromatic carbocycles. The molecule has 9 nitrogen and oxygen atoms in total. The van der Waals surface area contributed by atoms with Gasteiger partial charge >= 0.3 is 5.97 Å². The van der Waals surface area contributed by atoms with Crippen molar-refractivity contribution in [3.8, 4) is 5.75 Å². The third-order valence-corrected chi connectivity index (χ3v) is 8.89. The van der Waals surface area contributed by atoms with Crippen LogP contribution in [-0.2, 0) is 21.0 Å².